The summed E-state index contributed by atoms with van der Waals surface area (Å²) in [6.45, 7) is 9.39. The third-order valence-corrected chi connectivity index (χ3v) is 7.94. The van der Waals surface area contributed by atoms with Gasteiger partial charge in [0.15, 0.2) is 11.5 Å². The number of fused-ring (bicyclic) bond motifs is 1. The molecule has 2 aliphatic heterocycles. The van der Waals surface area contributed by atoms with E-state index in [9.17, 15) is 0 Å². The fraction of sp³-hybridized carbons (Fsp3) is 0.517. The lowest BCUT2D eigenvalue weighted by Crippen LogP contribution is -2.46. The standard InChI is InChI=1S/C29H39N3O2/c1-19(2)28-24-17-21(20-11-15-32(16-12-20)23-9-13-30-14-10-23)5-7-25(24)31-29(28)22-6-8-26(33-3)27(18-22)34-4/h5-8,17-20,23,30-31H,9-16H2,1-4H3. The average molecular weight is 462 g/mol. The Morgan fingerprint density at radius 2 is 1.62 bits per heavy atom. The number of nitrogens with zero attached hydrogens (tertiary/aromatic N) is 1. The molecule has 3 heterocycles. The molecule has 0 saturated carbocycles. The van der Waals surface area contributed by atoms with Crippen LogP contribution < -0.4 is 14.8 Å². The summed E-state index contributed by atoms with van der Waals surface area (Å²) in [5, 5.41) is 4.86. The third-order valence-electron chi connectivity index (χ3n) is 7.94. The topological polar surface area (TPSA) is 49.5 Å². The second kappa shape index (κ2) is 10.0. The molecule has 2 aliphatic rings. The summed E-state index contributed by atoms with van der Waals surface area (Å²) in [4.78, 5) is 6.47. The molecule has 5 rings (SSSR count). The summed E-state index contributed by atoms with van der Waals surface area (Å²) < 4.78 is 11.0. The molecular formula is C29H39N3O2. The number of rotatable bonds is 6. The second-order valence-electron chi connectivity index (χ2n) is 10.2. The number of hydrogen-bond acceptors (Lipinski definition) is 4. The van der Waals surface area contributed by atoms with Crippen molar-refractivity contribution >= 4 is 10.9 Å². The van der Waals surface area contributed by atoms with Crippen molar-refractivity contribution in [2.75, 3.05) is 40.4 Å². The highest BCUT2D eigenvalue weighted by Crippen LogP contribution is 2.40. The highest BCUT2D eigenvalue weighted by Gasteiger charge is 2.27. The zero-order valence-corrected chi connectivity index (χ0v) is 21.1. The van der Waals surface area contributed by atoms with Gasteiger partial charge in [0.1, 0.15) is 0 Å². The van der Waals surface area contributed by atoms with Crippen molar-refractivity contribution < 1.29 is 9.47 Å². The van der Waals surface area contributed by atoms with Crippen LogP contribution in [0.2, 0.25) is 0 Å². The van der Waals surface area contributed by atoms with Crippen LogP contribution in [0.25, 0.3) is 22.2 Å². The highest BCUT2D eigenvalue weighted by molar-refractivity contribution is 5.92. The van der Waals surface area contributed by atoms with Gasteiger partial charge in [-0.1, -0.05) is 19.9 Å². The molecule has 34 heavy (non-hydrogen) atoms. The minimum absolute atomic E-state index is 0.411. The molecule has 182 valence electrons. The molecule has 5 nitrogen and oxygen atoms in total. The Balaban J connectivity index is 1.43. The maximum atomic E-state index is 5.58. The van der Waals surface area contributed by atoms with Gasteiger partial charge in [0.05, 0.1) is 19.9 Å². The van der Waals surface area contributed by atoms with Gasteiger partial charge in [-0.3, -0.25) is 0 Å². The van der Waals surface area contributed by atoms with Crippen molar-refractivity contribution in [1.82, 2.24) is 15.2 Å². The van der Waals surface area contributed by atoms with Crippen LogP contribution >= 0.6 is 0 Å². The monoisotopic (exact) mass is 461 g/mol. The maximum Gasteiger partial charge on any atom is 0.161 e. The van der Waals surface area contributed by atoms with Crippen molar-refractivity contribution in [3.63, 3.8) is 0 Å². The number of benzene rings is 2. The van der Waals surface area contributed by atoms with E-state index in [-0.39, 0.29) is 0 Å². The molecule has 2 N–H and O–H groups in total. The summed E-state index contributed by atoms with van der Waals surface area (Å²) in [6.07, 6.45) is 5.13. The first-order valence-electron chi connectivity index (χ1n) is 12.9. The molecule has 3 aromatic rings. The summed E-state index contributed by atoms with van der Waals surface area (Å²) in [5.74, 6) is 2.58. The van der Waals surface area contributed by atoms with E-state index in [0.717, 1.165) is 23.1 Å². The van der Waals surface area contributed by atoms with Gasteiger partial charge < -0.3 is 24.7 Å². The Bertz CT molecular complexity index is 1120. The zero-order valence-electron chi connectivity index (χ0n) is 21.1. The van der Waals surface area contributed by atoms with Crippen LogP contribution in [0.1, 0.15) is 62.5 Å². The Labute approximate surface area is 203 Å². The van der Waals surface area contributed by atoms with Gasteiger partial charge in [0.25, 0.3) is 0 Å². The average Bonchev–Trinajstić information content (AvgIpc) is 3.28. The van der Waals surface area contributed by atoms with Crippen molar-refractivity contribution in [1.29, 1.82) is 0 Å². The molecule has 2 aromatic carbocycles. The lowest BCUT2D eigenvalue weighted by atomic mass is 9.86. The van der Waals surface area contributed by atoms with E-state index in [1.807, 2.05) is 6.07 Å². The van der Waals surface area contributed by atoms with E-state index in [0.29, 0.717) is 11.8 Å². The van der Waals surface area contributed by atoms with Gasteiger partial charge in [-0.2, -0.15) is 0 Å². The molecule has 2 fully saturated rings. The number of ether oxygens (including phenoxy) is 2. The molecule has 2 saturated heterocycles. The van der Waals surface area contributed by atoms with E-state index >= 15 is 0 Å². The Kier molecular flexibility index (Phi) is 6.84. The fourth-order valence-electron chi connectivity index (χ4n) is 6.07. The Morgan fingerprint density at radius 3 is 2.29 bits per heavy atom. The second-order valence-corrected chi connectivity index (χ2v) is 10.2. The highest BCUT2D eigenvalue weighted by atomic mass is 16.5. The minimum atomic E-state index is 0.411. The van der Waals surface area contributed by atoms with E-state index in [1.165, 1.54) is 79.6 Å². The lowest BCUT2D eigenvalue weighted by molar-refractivity contribution is 0.127. The van der Waals surface area contributed by atoms with E-state index < -0.39 is 0 Å². The minimum Gasteiger partial charge on any atom is -0.493 e. The molecule has 0 bridgehead atoms. The van der Waals surface area contributed by atoms with Crippen LogP contribution in [0.4, 0.5) is 0 Å². The Morgan fingerprint density at radius 1 is 0.882 bits per heavy atom. The number of nitrogens with one attached hydrogen (secondary N) is 2. The summed E-state index contributed by atoms with van der Waals surface area (Å²) >= 11 is 0. The van der Waals surface area contributed by atoms with Crippen LogP contribution in [0, 0.1) is 0 Å². The molecule has 0 atom stereocenters. The molecule has 0 radical (unpaired) electrons. The van der Waals surface area contributed by atoms with Crippen LogP contribution in [-0.2, 0) is 0 Å². The number of aromatic nitrogens is 1. The summed E-state index contributed by atoms with van der Waals surface area (Å²) in [5.41, 5.74) is 6.41. The largest absolute Gasteiger partial charge is 0.493 e. The number of likely N-dealkylation sites (tertiary alicyclic amines) is 1. The number of methoxy groups -OCH3 is 2. The van der Waals surface area contributed by atoms with Gasteiger partial charge in [-0.15, -0.1) is 0 Å². The van der Waals surface area contributed by atoms with Gasteiger partial charge >= 0.3 is 0 Å². The molecule has 5 heteroatoms. The van der Waals surface area contributed by atoms with Crippen LogP contribution in [0.3, 0.4) is 0 Å². The van der Waals surface area contributed by atoms with Crippen LogP contribution in [0.15, 0.2) is 36.4 Å². The van der Waals surface area contributed by atoms with Crippen LogP contribution in [0.5, 0.6) is 11.5 Å². The quantitative estimate of drug-likeness (QED) is 0.479. The van der Waals surface area contributed by atoms with Crippen molar-refractivity contribution in [2.24, 2.45) is 0 Å². The third kappa shape index (κ3) is 4.44. The molecular weight excluding hydrogens is 422 g/mol. The first kappa shape index (κ1) is 23.3. The predicted molar refractivity (Wildman–Crippen MR) is 140 cm³/mol. The first-order valence-corrected chi connectivity index (χ1v) is 12.9. The predicted octanol–water partition coefficient (Wildman–Crippen LogP) is 5.91. The first-order chi connectivity index (χ1) is 16.6. The van der Waals surface area contributed by atoms with E-state index in [4.69, 9.17) is 9.47 Å². The van der Waals surface area contributed by atoms with Crippen molar-refractivity contribution in [3.8, 4) is 22.8 Å². The SMILES string of the molecule is COc1ccc(-c2[nH]c3ccc(C4CCN(C5CCNCC5)CC4)cc3c2C(C)C)cc1OC. The van der Waals surface area contributed by atoms with Crippen LogP contribution in [-0.4, -0.2) is 56.3 Å². The van der Waals surface area contributed by atoms with Gasteiger partial charge in [-0.05, 0) is 105 Å². The smallest absolute Gasteiger partial charge is 0.161 e. The maximum absolute atomic E-state index is 5.58. The summed E-state index contributed by atoms with van der Waals surface area (Å²) in [7, 11) is 3.37. The molecule has 1 aromatic heterocycles. The number of piperidine rings is 2. The molecule has 0 spiro atoms. The Hall–Kier alpha value is -2.50. The number of H-pyrrole nitrogens is 1. The molecule has 0 unspecified atom stereocenters. The number of hydrogen-bond donors (Lipinski definition) is 2. The molecule has 0 aliphatic carbocycles. The van der Waals surface area contributed by atoms with Crippen molar-refractivity contribution in [2.45, 2.75) is 57.4 Å². The van der Waals surface area contributed by atoms with E-state index in [2.05, 4.69) is 59.4 Å². The van der Waals surface area contributed by atoms with Gasteiger partial charge in [0.2, 0.25) is 0 Å². The van der Waals surface area contributed by atoms with E-state index in [1.54, 1.807) is 14.2 Å². The van der Waals surface area contributed by atoms with Gasteiger partial charge in [-0.25, -0.2) is 0 Å². The summed E-state index contributed by atoms with van der Waals surface area (Å²) in [6, 6.07) is 14.1. The number of aromatic amines is 1. The van der Waals surface area contributed by atoms with Gasteiger partial charge in [0, 0.05) is 22.5 Å². The normalized spacial score (nSPS) is 18.6. The van der Waals surface area contributed by atoms with Crippen molar-refractivity contribution in [3.05, 3.63) is 47.5 Å². The fourth-order valence-corrected chi connectivity index (χ4v) is 6.07. The molecule has 0 amide bonds. The zero-order chi connectivity index (χ0) is 23.7. The lowest BCUT2D eigenvalue weighted by Gasteiger charge is -2.39.